The van der Waals surface area contributed by atoms with Crippen molar-refractivity contribution in [3.8, 4) is 0 Å². The van der Waals surface area contributed by atoms with Crippen LogP contribution in [0.15, 0.2) is 12.1 Å². The second-order valence-corrected chi connectivity index (χ2v) is 7.00. The normalized spacial score (nSPS) is 21.3. The summed E-state index contributed by atoms with van der Waals surface area (Å²) < 4.78 is 0. The fraction of sp³-hybridized carbons (Fsp3) is 0.533. The van der Waals surface area contributed by atoms with Crippen molar-refractivity contribution >= 4 is 40.6 Å². The van der Waals surface area contributed by atoms with E-state index in [1.807, 2.05) is 23.9 Å². The summed E-state index contributed by atoms with van der Waals surface area (Å²) in [5, 5.41) is 6.98. The van der Waals surface area contributed by atoms with Gasteiger partial charge in [0.25, 0.3) is 0 Å². The molecule has 114 valence electrons. The number of amides is 1. The highest BCUT2D eigenvalue weighted by molar-refractivity contribution is 7.99. The minimum absolute atomic E-state index is 0.0147. The van der Waals surface area contributed by atoms with Crippen LogP contribution >= 0.6 is 23.4 Å². The standard InChI is InChI=1S/C15H20ClN3OS/c1-2-3-17-14-10-8-11(16)13(9-12(10)18-15(14)20)19-4-6-21-7-5-19/h8-9,14,17H,2-7H2,1H3,(H,18,20). The molecular weight excluding hydrogens is 306 g/mol. The largest absolute Gasteiger partial charge is 0.369 e. The SMILES string of the molecule is CCCNC1C(=O)Nc2cc(N3CCSCC3)c(Cl)cc21. The van der Waals surface area contributed by atoms with E-state index in [9.17, 15) is 4.79 Å². The van der Waals surface area contributed by atoms with Crippen LogP contribution in [0, 0.1) is 0 Å². The van der Waals surface area contributed by atoms with Gasteiger partial charge in [0.05, 0.1) is 10.7 Å². The van der Waals surface area contributed by atoms with Crippen molar-refractivity contribution in [1.29, 1.82) is 0 Å². The van der Waals surface area contributed by atoms with Gasteiger partial charge in [-0.1, -0.05) is 18.5 Å². The maximum atomic E-state index is 12.1. The van der Waals surface area contributed by atoms with Gasteiger partial charge >= 0.3 is 0 Å². The van der Waals surface area contributed by atoms with Gasteiger partial charge in [-0.3, -0.25) is 4.79 Å². The van der Waals surface area contributed by atoms with Gasteiger partial charge in [-0.2, -0.15) is 11.8 Å². The first kappa shape index (κ1) is 15.0. The minimum Gasteiger partial charge on any atom is -0.369 e. The Labute approximate surface area is 134 Å². The molecule has 3 rings (SSSR count). The Bertz CT molecular complexity index is 546. The fourth-order valence-electron chi connectivity index (χ4n) is 2.81. The molecule has 0 saturated carbocycles. The molecule has 1 aromatic rings. The van der Waals surface area contributed by atoms with Gasteiger partial charge in [0.15, 0.2) is 0 Å². The monoisotopic (exact) mass is 325 g/mol. The lowest BCUT2D eigenvalue weighted by Crippen LogP contribution is -2.32. The lowest BCUT2D eigenvalue weighted by molar-refractivity contribution is -0.117. The highest BCUT2D eigenvalue weighted by atomic mass is 35.5. The predicted molar refractivity (Wildman–Crippen MR) is 90.7 cm³/mol. The van der Waals surface area contributed by atoms with Crippen molar-refractivity contribution in [2.24, 2.45) is 0 Å². The molecule has 0 spiro atoms. The number of carbonyl (C=O) groups excluding carboxylic acids is 1. The van der Waals surface area contributed by atoms with E-state index in [2.05, 4.69) is 22.5 Å². The first-order chi connectivity index (χ1) is 10.2. The Morgan fingerprint density at radius 1 is 1.43 bits per heavy atom. The third kappa shape index (κ3) is 3.00. The number of halogens is 1. The van der Waals surface area contributed by atoms with Crippen LogP contribution < -0.4 is 15.5 Å². The maximum absolute atomic E-state index is 12.1. The lowest BCUT2D eigenvalue weighted by Gasteiger charge is -2.29. The Kier molecular flexibility index (Phi) is 4.62. The van der Waals surface area contributed by atoms with E-state index in [1.54, 1.807) is 0 Å². The average Bonchev–Trinajstić information content (AvgIpc) is 2.80. The van der Waals surface area contributed by atoms with E-state index in [4.69, 9.17) is 11.6 Å². The van der Waals surface area contributed by atoms with Crippen LogP contribution in [0.4, 0.5) is 11.4 Å². The molecule has 1 unspecified atom stereocenters. The number of nitrogens with zero attached hydrogens (tertiary/aromatic N) is 1. The van der Waals surface area contributed by atoms with Gasteiger partial charge in [0.2, 0.25) is 5.91 Å². The Morgan fingerprint density at radius 2 is 2.19 bits per heavy atom. The third-order valence-electron chi connectivity index (χ3n) is 3.90. The zero-order valence-corrected chi connectivity index (χ0v) is 13.7. The van der Waals surface area contributed by atoms with Crippen molar-refractivity contribution in [1.82, 2.24) is 5.32 Å². The maximum Gasteiger partial charge on any atom is 0.246 e. The molecule has 2 N–H and O–H groups in total. The van der Waals surface area contributed by atoms with Crippen LogP contribution in [0.2, 0.25) is 5.02 Å². The van der Waals surface area contributed by atoms with Crippen LogP contribution in [0.3, 0.4) is 0 Å². The number of benzene rings is 1. The van der Waals surface area contributed by atoms with Crippen LogP contribution in [-0.4, -0.2) is 37.0 Å². The van der Waals surface area contributed by atoms with Crippen molar-refractivity contribution in [3.05, 3.63) is 22.7 Å². The van der Waals surface area contributed by atoms with Crippen LogP contribution in [0.25, 0.3) is 0 Å². The van der Waals surface area contributed by atoms with Gasteiger partial charge in [-0.25, -0.2) is 0 Å². The van der Waals surface area contributed by atoms with Gasteiger partial charge in [0, 0.05) is 35.8 Å². The highest BCUT2D eigenvalue weighted by Crippen LogP contribution is 2.39. The zero-order chi connectivity index (χ0) is 14.8. The average molecular weight is 326 g/mol. The summed E-state index contributed by atoms with van der Waals surface area (Å²) in [7, 11) is 0. The summed E-state index contributed by atoms with van der Waals surface area (Å²) in [4.78, 5) is 14.4. The zero-order valence-electron chi connectivity index (χ0n) is 12.1. The molecule has 21 heavy (non-hydrogen) atoms. The molecule has 0 bridgehead atoms. The summed E-state index contributed by atoms with van der Waals surface area (Å²) in [6, 6.07) is 3.70. The number of nitrogens with one attached hydrogen (secondary N) is 2. The number of fused-ring (bicyclic) bond motifs is 1. The molecule has 0 radical (unpaired) electrons. The number of rotatable bonds is 4. The topological polar surface area (TPSA) is 44.4 Å². The van der Waals surface area contributed by atoms with E-state index in [0.717, 1.165) is 59.5 Å². The summed E-state index contributed by atoms with van der Waals surface area (Å²) in [6.45, 7) is 4.93. The van der Waals surface area contributed by atoms with E-state index < -0.39 is 0 Å². The summed E-state index contributed by atoms with van der Waals surface area (Å²) in [5.41, 5.74) is 2.90. The van der Waals surface area contributed by atoms with E-state index >= 15 is 0 Å². The van der Waals surface area contributed by atoms with Crippen LogP contribution in [-0.2, 0) is 4.79 Å². The molecule has 4 nitrogen and oxygen atoms in total. The molecule has 6 heteroatoms. The van der Waals surface area contributed by atoms with Gasteiger partial charge < -0.3 is 15.5 Å². The predicted octanol–water partition coefficient (Wildman–Crippen LogP) is 2.89. The molecule has 1 saturated heterocycles. The number of hydrogen-bond acceptors (Lipinski definition) is 4. The molecule has 0 aromatic heterocycles. The van der Waals surface area contributed by atoms with E-state index in [0.29, 0.717) is 0 Å². The van der Waals surface area contributed by atoms with Crippen molar-refractivity contribution in [2.45, 2.75) is 19.4 Å². The van der Waals surface area contributed by atoms with E-state index in [-0.39, 0.29) is 11.9 Å². The molecule has 1 aromatic carbocycles. The quantitative estimate of drug-likeness (QED) is 0.893. The minimum atomic E-state index is -0.275. The summed E-state index contributed by atoms with van der Waals surface area (Å²) in [6.07, 6.45) is 0.996. The van der Waals surface area contributed by atoms with Crippen molar-refractivity contribution in [3.63, 3.8) is 0 Å². The number of carbonyl (C=O) groups is 1. The number of hydrogen-bond donors (Lipinski definition) is 2. The third-order valence-corrected chi connectivity index (χ3v) is 5.15. The van der Waals surface area contributed by atoms with Crippen molar-refractivity contribution in [2.75, 3.05) is 41.4 Å². The first-order valence-electron chi connectivity index (χ1n) is 7.41. The molecular formula is C15H20ClN3OS. The first-order valence-corrected chi connectivity index (χ1v) is 8.94. The molecule has 2 aliphatic heterocycles. The molecule has 0 aliphatic carbocycles. The number of thioether (sulfide) groups is 1. The van der Waals surface area contributed by atoms with Crippen LogP contribution in [0.1, 0.15) is 24.9 Å². The second kappa shape index (κ2) is 6.46. The summed E-state index contributed by atoms with van der Waals surface area (Å²) in [5.74, 6) is 2.27. The second-order valence-electron chi connectivity index (χ2n) is 5.37. The van der Waals surface area contributed by atoms with Gasteiger partial charge in [-0.05, 0) is 25.1 Å². The fourth-order valence-corrected chi connectivity index (χ4v) is 4.00. The Morgan fingerprint density at radius 3 is 2.90 bits per heavy atom. The van der Waals surface area contributed by atoms with Gasteiger partial charge in [-0.15, -0.1) is 0 Å². The smallest absolute Gasteiger partial charge is 0.246 e. The molecule has 2 heterocycles. The Balaban J connectivity index is 1.88. The molecule has 2 aliphatic rings. The molecule has 1 atom stereocenters. The summed E-state index contributed by atoms with van der Waals surface area (Å²) >= 11 is 8.44. The molecule has 1 fully saturated rings. The number of anilines is 2. The lowest BCUT2D eigenvalue weighted by atomic mass is 10.1. The highest BCUT2D eigenvalue weighted by Gasteiger charge is 2.31. The van der Waals surface area contributed by atoms with Gasteiger partial charge in [0.1, 0.15) is 6.04 Å². The van der Waals surface area contributed by atoms with Crippen molar-refractivity contribution < 1.29 is 4.79 Å². The van der Waals surface area contributed by atoms with E-state index in [1.165, 1.54) is 0 Å². The van der Waals surface area contributed by atoms with Crippen LogP contribution in [0.5, 0.6) is 0 Å². The Hall–Kier alpha value is -0.910. The molecule has 1 amide bonds.